The minimum absolute atomic E-state index is 0.0276. The highest BCUT2D eigenvalue weighted by atomic mass is 32.2. The second-order valence-electron chi connectivity index (χ2n) is 8.88. The Balaban J connectivity index is 1.13. The van der Waals surface area contributed by atoms with Crippen molar-refractivity contribution in [3.8, 4) is 11.3 Å². The summed E-state index contributed by atoms with van der Waals surface area (Å²) in [5.41, 5.74) is 2.12. The summed E-state index contributed by atoms with van der Waals surface area (Å²) in [7, 11) is 0. The van der Waals surface area contributed by atoms with Crippen molar-refractivity contribution >= 4 is 52.3 Å². The summed E-state index contributed by atoms with van der Waals surface area (Å²) in [5, 5.41) is 0. The number of amides is 2. The fourth-order valence-electron chi connectivity index (χ4n) is 4.07. The van der Waals surface area contributed by atoms with Gasteiger partial charge in [-0.2, -0.15) is 0 Å². The van der Waals surface area contributed by atoms with Gasteiger partial charge in [0.1, 0.15) is 29.1 Å². The highest BCUT2D eigenvalue weighted by Gasteiger charge is 2.32. The molecule has 2 fully saturated rings. The first kappa shape index (κ1) is 27.6. The SMILES string of the molecule is O=C(OCCOC(=O)N1CCOCC1)c1ccc(-c2ccc(/C=C3/SC(=S)N(Cc4ccccc4)C3=O)o2)cc1. The van der Waals surface area contributed by atoms with Crippen LogP contribution in [0.25, 0.3) is 17.4 Å². The van der Waals surface area contributed by atoms with Crippen LogP contribution in [0.15, 0.2) is 76.1 Å². The number of thioether (sulfide) groups is 1. The van der Waals surface area contributed by atoms with Crippen LogP contribution in [0.5, 0.6) is 0 Å². The topological polar surface area (TPSA) is 98.5 Å². The van der Waals surface area contributed by atoms with Gasteiger partial charge in [-0.25, -0.2) is 9.59 Å². The molecule has 9 nitrogen and oxygen atoms in total. The van der Waals surface area contributed by atoms with Crippen LogP contribution in [0.3, 0.4) is 0 Å². The minimum atomic E-state index is -0.522. The van der Waals surface area contributed by atoms with E-state index in [9.17, 15) is 14.4 Å². The largest absolute Gasteiger partial charge is 0.458 e. The van der Waals surface area contributed by atoms with Crippen LogP contribution in [-0.2, 0) is 25.5 Å². The third kappa shape index (κ3) is 6.79. The van der Waals surface area contributed by atoms with Gasteiger partial charge in [0.2, 0.25) is 0 Å². The van der Waals surface area contributed by atoms with Gasteiger partial charge in [-0.15, -0.1) is 0 Å². The Morgan fingerprint density at radius 2 is 1.68 bits per heavy atom. The van der Waals surface area contributed by atoms with Crippen molar-refractivity contribution in [1.82, 2.24) is 9.80 Å². The number of nitrogens with zero attached hydrogens (tertiary/aromatic N) is 2. The minimum Gasteiger partial charge on any atom is -0.458 e. The molecule has 206 valence electrons. The molecule has 1 aromatic heterocycles. The normalized spacial score (nSPS) is 16.4. The summed E-state index contributed by atoms with van der Waals surface area (Å²) in [6.07, 6.45) is 1.24. The standard InChI is InChI=1S/C29H26N2O7S2/c32-26-25(40-29(39)31(26)19-20-4-2-1-3-5-20)18-23-10-11-24(38-23)21-6-8-22(9-7-21)27(33)36-16-17-37-28(34)30-12-14-35-15-13-30/h1-11,18H,12-17,19H2/b25-18+. The van der Waals surface area contributed by atoms with E-state index in [1.165, 1.54) is 11.8 Å². The van der Waals surface area contributed by atoms with Crippen molar-refractivity contribution < 1.29 is 33.0 Å². The van der Waals surface area contributed by atoms with Crippen molar-refractivity contribution in [1.29, 1.82) is 0 Å². The zero-order valence-corrected chi connectivity index (χ0v) is 23.1. The maximum Gasteiger partial charge on any atom is 0.410 e. The lowest BCUT2D eigenvalue weighted by molar-refractivity contribution is -0.122. The Labute approximate surface area is 240 Å². The van der Waals surface area contributed by atoms with E-state index in [1.807, 2.05) is 30.3 Å². The smallest absolute Gasteiger partial charge is 0.410 e. The molecular formula is C29H26N2O7S2. The monoisotopic (exact) mass is 578 g/mol. The predicted molar refractivity (Wildman–Crippen MR) is 153 cm³/mol. The van der Waals surface area contributed by atoms with Crippen molar-refractivity contribution in [2.75, 3.05) is 39.5 Å². The number of carbonyl (C=O) groups excluding carboxylic acids is 3. The summed E-state index contributed by atoms with van der Waals surface area (Å²) in [6, 6.07) is 20.0. The fourth-order valence-corrected chi connectivity index (χ4v) is 5.31. The van der Waals surface area contributed by atoms with E-state index < -0.39 is 12.1 Å². The molecule has 0 aliphatic carbocycles. The van der Waals surface area contributed by atoms with E-state index in [4.69, 9.17) is 30.8 Å². The second kappa shape index (κ2) is 12.9. The van der Waals surface area contributed by atoms with Crippen LogP contribution < -0.4 is 0 Å². The summed E-state index contributed by atoms with van der Waals surface area (Å²) < 4.78 is 22.0. The van der Waals surface area contributed by atoms with E-state index in [2.05, 4.69) is 0 Å². The molecule has 0 atom stereocenters. The molecule has 3 heterocycles. The zero-order chi connectivity index (χ0) is 27.9. The van der Waals surface area contributed by atoms with Gasteiger partial charge in [-0.05, 0) is 29.8 Å². The average molecular weight is 579 g/mol. The van der Waals surface area contributed by atoms with Crippen molar-refractivity contribution in [3.05, 3.63) is 88.5 Å². The number of hydrogen-bond acceptors (Lipinski definition) is 9. The van der Waals surface area contributed by atoms with Crippen LogP contribution in [0.4, 0.5) is 4.79 Å². The second-order valence-corrected chi connectivity index (χ2v) is 10.6. The lowest BCUT2D eigenvalue weighted by Gasteiger charge is -2.25. The van der Waals surface area contributed by atoms with Crippen LogP contribution in [0, 0.1) is 0 Å². The lowest BCUT2D eigenvalue weighted by Crippen LogP contribution is -2.41. The van der Waals surface area contributed by atoms with Crippen molar-refractivity contribution in [2.45, 2.75) is 6.54 Å². The predicted octanol–water partition coefficient (Wildman–Crippen LogP) is 4.97. The quantitative estimate of drug-likeness (QED) is 0.159. The highest BCUT2D eigenvalue weighted by molar-refractivity contribution is 8.26. The Hall–Kier alpha value is -3.93. The molecule has 0 radical (unpaired) electrons. The molecule has 0 bridgehead atoms. The first-order chi connectivity index (χ1) is 19.5. The molecule has 40 heavy (non-hydrogen) atoms. The van der Waals surface area contributed by atoms with Gasteiger partial charge in [-0.1, -0.05) is 66.4 Å². The number of esters is 1. The van der Waals surface area contributed by atoms with E-state index in [-0.39, 0.29) is 19.1 Å². The highest BCUT2D eigenvalue weighted by Crippen LogP contribution is 2.34. The van der Waals surface area contributed by atoms with Gasteiger partial charge in [0, 0.05) is 24.7 Å². The van der Waals surface area contributed by atoms with Gasteiger partial charge >= 0.3 is 12.1 Å². The third-order valence-electron chi connectivity index (χ3n) is 6.17. The summed E-state index contributed by atoms with van der Waals surface area (Å²) in [5.74, 6) is 0.424. The van der Waals surface area contributed by atoms with Crippen molar-refractivity contribution in [3.63, 3.8) is 0 Å². The Bertz CT molecular complexity index is 1410. The van der Waals surface area contributed by atoms with Gasteiger partial charge in [0.05, 0.1) is 30.2 Å². The molecular weight excluding hydrogens is 552 g/mol. The summed E-state index contributed by atoms with van der Waals surface area (Å²) in [6.45, 7) is 2.28. The molecule has 2 aliphatic heterocycles. The third-order valence-corrected chi connectivity index (χ3v) is 7.55. The Kier molecular flexibility index (Phi) is 8.94. The Morgan fingerprint density at radius 3 is 2.42 bits per heavy atom. The molecule has 3 aromatic rings. The first-order valence-corrected chi connectivity index (χ1v) is 13.9. The molecule has 0 saturated carbocycles. The van der Waals surface area contributed by atoms with Crippen molar-refractivity contribution in [2.24, 2.45) is 0 Å². The summed E-state index contributed by atoms with van der Waals surface area (Å²) >= 11 is 6.67. The molecule has 0 spiro atoms. The maximum atomic E-state index is 12.9. The number of carbonyl (C=O) groups is 3. The van der Waals surface area contributed by atoms with E-state index in [0.717, 1.165) is 11.1 Å². The first-order valence-electron chi connectivity index (χ1n) is 12.6. The number of rotatable bonds is 8. The molecule has 5 rings (SSSR count). The molecule has 2 amide bonds. The molecule has 11 heteroatoms. The lowest BCUT2D eigenvalue weighted by atomic mass is 10.1. The van der Waals surface area contributed by atoms with Gasteiger partial charge in [0.25, 0.3) is 5.91 Å². The molecule has 0 N–H and O–H groups in total. The zero-order valence-electron chi connectivity index (χ0n) is 21.4. The number of benzene rings is 2. The average Bonchev–Trinajstić information content (AvgIpc) is 3.56. The summed E-state index contributed by atoms with van der Waals surface area (Å²) in [4.78, 5) is 40.9. The number of hydrogen-bond donors (Lipinski definition) is 0. The van der Waals surface area contributed by atoms with Gasteiger partial charge in [0.15, 0.2) is 0 Å². The molecule has 2 aromatic carbocycles. The van der Waals surface area contributed by atoms with Gasteiger partial charge in [-0.3, -0.25) is 9.69 Å². The van der Waals surface area contributed by atoms with Crippen LogP contribution >= 0.6 is 24.0 Å². The van der Waals surface area contributed by atoms with Crippen LogP contribution in [0.1, 0.15) is 21.7 Å². The number of furan rings is 1. The molecule has 0 unspecified atom stereocenters. The number of morpholine rings is 1. The van der Waals surface area contributed by atoms with Crippen LogP contribution in [0.2, 0.25) is 0 Å². The molecule has 2 saturated heterocycles. The number of thiocarbonyl (C=S) groups is 1. The van der Waals surface area contributed by atoms with Crippen LogP contribution in [-0.4, -0.2) is 71.6 Å². The van der Waals surface area contributed by atoms with E-state index in [1.54, 1.807) is 52.3 Å². The maximum absolute atomic E-state index is 12.9. The van der Waals surface area contributed by atoms with E-state index >= 15 is 0 Å². The number of ether oxygens (including phenoxy) is 3. The Morgan fingerprint density at radius 1 is 0.950 bits per heavy atom. The van der Waals surface area contributed by atoms with Gasteiger partial charge < -0.3 is 23.5 Å². The van der Waals surface area contributed by atoms with E-state index in [0.29, 0.717) is 59.2 Å². The molecule has 2 aliphatic rings. The fraction of sp³-hybridized carbons (Fsp3) is 0.241.